The first kappa shape index (κ1) is 12.1. The lowest BCUT2D eigenvalue weighted by atomic mass is 9.86. The lowest BCUT2D eigenvalue weighted by Crippen LogP contribution is -2.23. The molecule has 0 aromatic carbocycles. The average molecular weight is 221 g/mol. The quantitative estimate of drug-likeness (QED) is 0.728. The molecular formula is C10H14F3NO. The molecule has 0 aromatic heterocycles. The third kappa shape index (κ3) is 3.57. The molecule has 0 aliphatic heterocycles. The van der Waals surface area contributed by atoms with Gasteiger partial charge in [-0.3, -0.25) is 4.79 Å². The van der Waals surface area contributed by atoms with Crippen molar-refractivity contribution >= 4 is 5.78 Å². The molecule has 1 aliphatic rings. The Morgan fingerprint density at radius 1 is 1.20 bits per heavy atom. The maximum absolute atomic E-state index is 12.0. The Kier molecular flexibility index (Phi) is 3.77. The lowest BCUT2D eigenvalue weighted by molar-refractivity contribution is -0.120. The first-order valence-electron chi connectivity index (χ1n) is 4.99. The van der Waals surface area contributed by atoms with E-state index in [2.05, 4.69) is 0 Å². The molecule has 1 fully saturated rings. The Bertz CT molecular complexity index is 264. The maximum atomic E-state index is 12.0. The summed E-state index contributed by atoms with van der Waals surface area (Å²) in [5, 5.41) is 0. The number of halogens is 3. The van der Waals surface area contributed by atoms with E-state index in [0.29, 0.717) is 18.9 Å². The molecule has 86 valence electrons. The van der Waals surface area contributed by atoms with E-state index in [1.165, 1.54) is 0 Å². The monoisotopic (exact) mass is 221 g/mol. The van der Waals surface area contributed by atoms with Crippen molar-refractivity contribution in [2.24, 2.45) is 11.7 Å². The topological polar surface area (TPSA) is 43.1 Å². The highest BCUT2D eigenvalue weighted by molar-refractivity contribution is 5.92. The zero-order valence-corrected chi connectivity index (χ0v) is 8.31. The number of rotatable bonds is 2. The predicted molar refractivity (Wildman–Crippen MR) is 49.9 cm³/mol. The molecule has 15 heavy (non-hydrogen) atoms. The highest BCUT2D eigenvalue weighted by Gasteiger charge is 2.33. The van der Waals surface area contributed by atoms with Gasteiger partial charge in [-0.15, -0.1) is 0 Å². The van der Waals surface area contributed by atoms with Crippen LogP contribution in [0.3, 0.4) is 0 Å². The Morgan fingerprint density at radius 3 is 2.20 bits per heavy atom. The van der Waals surface area contributed by atoms with Crippen LogP contribution in [0.1, 0.15) is 32.1 Å². The van der Waals surface area contributed by atoms with Crippen LogP contribution in [-0.2, 0) is 4.79 Å². The fourth-order valence-corrected chi connectivity index (χ4v) is 1.74. The van der Waals surface area contributed by atoms with E-state index < -0.39 is 17.7 Å². The van der Waals surface area contributed by atoms with Gasteiger partial charge in [-0.25, -0.2) is 0 Å². The lowest BCUT2D eigenvalue weighted by Gasteiger charge is -2.19. The second-order valence-corrected chi connectivity index (χ2v) is 3.83. The minimum atomic E-state index is -4.59. The summed E-state index contributed by atoms with van der Waals surface area (Å²) in [6.45, 7) is 0. The number of carbonyl (C=O) groups excluding carboxylic acids is 1. The van der Waals surface area contributed by atoms with E-state index in [9.17, 15) is 18.0 Å². The summed E-state index contributed by atoms with van der Waals surface area (Å²) >= 11 is 0. The second-order valence-electron chi connectivity index (χ2n) is 3.83. The molecule has 0 heterocycles. The van der Waals surface area contributed by atoms with Crippen molar-refractivity contribution in [3.8, 4) is 0 Å². The molecule has 0 atom stereocenters. The third-order valence-electron chi connectivity index (χ3n) is 2.63. The van der Waals surface area contributed by atoms with Crippen LogP contribution in [0.2, 0.25) is 0 Å². The van der Waals surface area contributed by atoms with Gasteiger partial charge in [0.25, 0.3) is 0 Å². The molecule has 0 aromatic rings. The molecule has 1 rings (SSSR count). The fraction of sp³-hybridized carbons (Fsp3) is 0.700. The molecule has 0 unspecified atom stereocenters. The van der Waals surface area contributed by atoms with Gasteiger partial charge in [-0.1, -0.05) is 19.3 Å². The van der Waals surface area contributed by atoms with Crippen molar-refractivity contribution in [1.82, 2.24) is 0 Å². The summed E-state index contributed by atoms with van der Waals surface area (Å²) < 4.78 is 36.1. The maximum Gasteiger partial charge on any atom is 0.430 e. The number of allylic oxidation sites excluding steroid dienone is 2. The second kappa shape index (κ2) is 4.68. The third-order valence-corrected chi connectivity index (χ3v) is 2.63. The fourth-order valence-electron chi connectivity index (χ4n) is 1.74. The minimum absolute atomic E-state index is 0.264. The first-order valence-corrected chi connectivity index (χ1v) is 4.99. The van der Waals surface area contributed by atoms with Gasteiger partial charge in [0.2, 0.25) is 0 Å². The predicted octanol–water partition coefficient (Wildman–Crippen LogP) is 2.54. The Balaban J connectivity index is 2.60. The van der Waals surface area contributed by atoms with Crippen LogP contribution in [0.15, 0.2) is 11.8 Å². The Hall–Kier alpha value is -1.00. The summed E-state index contributed by atoms with van der Waals surface area (Å²) in [5.74, 6) is -0.746. The summed E-state index contributed by atoms with van der Waals surface area (Å²) in [5.41, 5.74) is 3.48. The smallest absolute Gasteiger partial charge is 0.395 e. The van der Waals surface area contributed by atoms with Crippen LogP contribution in [0.4, 0.5) is 13.2 Å². The SMILES string of the molecule is N/C(=C\C(=O)C1CCCCC1)C(F)(F)F. The number of carbonyl (C=O) groups is 1. The first-order chi connectivity index (χ1) is 6.91. The van der Waals surface area contributed by atoms with Crippen molar-refractivity contribution < 1.29 is 18.0 Å². The minimum Gasteiger partial charge on any atom is -0.395 e. The van der Waals surface area contributed by atoms with Gasteiger partial charge in [0, 0.05) is 12.0 Å². The normalized spacial score (nSPS) is 20.3. The van der Waals surface area contributed by atoms with Gasteiger partial charge in [0.15, 0.2) is 5.78 Å². The van der Waals surface area contributed by atoms with Crippen LogP contribution in [-0.4, -0.2) is 12.0 Å². The van der Waals surface area contributed by atoms with Gasteiger partial charge in [-0.05, 0) is 12.8 Å². The summed E-state index contributed by atoms with van der Waals surface area (Å²) in [7, 11) is 0. The van der Waals surface area contributed by atoms with Gasteiger partial charge in [0.1, 0.15) is 5.70 Å². The van der Waals surface area contributed by atoms with Crippen LogP contribution < -0.4 is 5.73 Å². The molecule has 1 aliphatic carbocycles. The highest BCUT2D eigenvalue weighted by Crippen LogP contribution is 2.27. The summed E-state index contributed by atoms with van der Waals surface area (Å²) in [6.07, 6.45) is 0.190. The van der Waals surface area contributed by atoms with Crippen LogP contribution in [0.5, 0.6) is 0 Å². The Labute approximate surface area is 86.3 Å². The molecule has 0 bridgehead atoms. The number of hydrogen-bond donors (Lipinski definition) is 1. The molecule has 2 N–H and O–H groups in total. The van der Waals surface area contributed by atoms with Crippen LogP contribution in [0.25, 0.3) is 0 Å². The number of alkyl halides is 3. The van der Waals surface area contributed by atoms with E-state index in [1.54, 1.807) is 0 Å². The average Bonchev–Trinajstić information content (AvgIpc) is 2.17. The van der Waals surface area contributed by atoms with Gasteiger partial charge >= 0.3 is 6.18 Å². The molecule has 0 radical (unpaired) electrons. The molecule has 2 nitrogen and oxygen atoms in total. The molecule has 0 amide bonds. The van der Waals surface area contributed by atoms with Crippen molar-refractivity contribution in [1.29, 1.82) is 0 Å². The number of hydrogen-bond acceptors (Lipinski definition) is 2. The van der Waals surface area contributed by atoms with E-state index in [-0.39, 0.29) is 5.92 Å². The summed E-state index contributed by atoms with van der Waals surface area (Å²) in [6, 6.07) is 0. The summed E-state index contributed by atoms with van der Waals surface area (Å²) in [4.78, 5) is 11.4. The molecule has 0 spiro atoms. The molecule has 5 heteroatoms. The van der Waals surface area contributed by atoms with Crippen molar-refractivity contribution in [3.63, 3.8) is 0 Å². The van der Waals surface area contributed by atoms with Gasteiger partial charge in [-0.2, -0.15) is 13.2 Å². The van der Waals surface area contributed by atoms with Crippen LogP contribution in [0, 0.1) is 5.92 Å². The molecule has 0 saturated heterocycles. The highest BCUT2D eigenvalue weighted by atomic mass is 19.4. The molecular weight excluding hydrogens is 207 g/mol. The number of ketones is 1. The standard InChI is InChI=1S/C10H14F3NO/c11-10(12,13)9(14)6-8(15)7-4-2-1-3-5-7/h6-7H,1-5,14H2/b9-6-. The van der Waals surface area contributed by atoms with Gasteiger partial charge in [0.05, 0.1) is 0 Å². The van der Waals surface area contributed by atoms with Crippen LogP contribution >= 0.6 is 0 Å². The Morgan fingerprint density at radius 2 is 1.73 bits per heavy atom. The largest absolute Gasteiger partial charge is 0.430 e. The molecule has 1 saturated carbocycles. The van der Waals surface area contributed by atoms with E-state index in [0.717, 1.165) is 19.3 Å². The van der Waals surface area contributed by atoms with Crippen molar-refractivity contribution in [2.75, 3.05) is 0 Å². The van der Waals surface area contributed by atoms with Crippen molar-refractivity contribution in [3.05, 3.63) is 11.8 Å². The van der Waals surface area contributed by atoms with E-state index >= 15 is 0 Å². The zero-order chi connectivity index (χ0) is 11.5. The van der Waals surface area contributed by atoms with E-state index in [4.69, 9.17) is 5.73 Å². The number of nitrogens with two attached hydrogens (primary N) is 1. The zero-order valence-electron chi connectivity index (χ0n) is 8.31. The van der Waals surface area contributed by atoms with E-state index in [1.807, 2.05) is 0 Å². The van der Waals surface area contributed by atoms with Gasteiger partial charge < -0.3 is 5.73 Å². The van der Waals surface area contributed by atoms with Crippen molar-refractivity contribution in [2.45, 2.75) is 38.3 Å².